The van der Waals surface area contributed by atoms with Gasteiger partial charge in [-0.05, 0) is 46.1 Å². The Morgan fingerprint density at radius 1 is 1.30 bits per heavy atom. The van der Waals surface area contributed by atoms with E-state index in [9.17, 15) is 9.90 Å². The van der Waals surface area contributed by atoms with Crippen LogP contribution in [0.2, 0.25) is 5.15 Å². The molecule has 0 aliphatic carbocycles. The molecule has 2 aromatic heterocycles. The molecule has 2 aromatic rings. The first-order valence-electron chi connectivity index (χ1n) is 11.2. The number of amides is 1. The zero-order chi connectivity index (χ0) is 23.7. The molecule has 3 fully saturated rings. The Hall–Kier alpha value is -2.23. The van der Waals surface area contributed by atoms with Gasteiger partial charge in [0.05, 0.1) is 31.0 Å². The summed E-state index contributed by atoms with van der Waals surface area (Å²) < 4.78 is 26.0. The molecule has 3 aliphatic rings. The number of hydrogen-bond donors (Lipinski definition) is 1. The number of pyridine rings is 2. The Balaban J connectivity index is 1.55. The second-order valence-corrected chi connectivity index (χ2v) is 10.6. The maximum Gasteiger partial charge on any atom is 0.410 e. The van der Waals surface area contributed by atoms with Gasteiger partial charge >= 0.3 is 6.09 Å². The van der Waals surface area contributed by atoms with Gasteiger partial charge in [-0.15, -0.1) is 0 Å². The van der Waals surface area contributed by atoms with E-state index in [2.05, 4.69) is 9.88 Å². The molecule has 0 saturated carbocycles. The van der Waals surface area contributed by atoms with Crippen LogP contribution < -0.4 is 4.90 Å². The van der Waals surface area contributed by atoms with Crippen LogP contribution in [0.25, 0.3) is 10.8 Å². The van der Waals surface area contributed by atoms with Crippen molar-refractivity contribution < 1.29 is 23.8 Å². The van der Waals surface area contributed by atoms with Crippen molar-refractivity contribution in [1.29, 1.82) is 0 Å². The average Bonchev–Trinajstić information content (AvgIpc) is 2.98. The minimum absolute atomic E-state index is 0.0413. The zero-order valence-corrected chi connectivity index (χ0v) is 19.9. The summed E-state index contributed by atoms with van der Waals surface area (Å²) in [5, 5.41) is 11.6. The number of nitrogens with zero attached hydrogens (tertiary/aromatic N) is 4. The van der Waals surface area contributed by atoms with Crippen LogP contribution in [0, 0.1) is 12.7 Å². The third kappa shape index (κ3) is 3.70. The van der Waals surface area contributed by atoms with Crippen LogP contribution in [0.3, 0.4) is 0 Å². The minimum atomic E-state index is -1.27. The second-order valence-electron chi connectivity index (χ2n) is 10.3. The van der Waals surface area contributed by atoms with Gasteiger partial charge in [0.1, 0.15) is 11.4 Å². The predicted octanol–water partition coefficient (Wildman–Crippen LogP) is 3.54. The van der Waals surface area contributed by atoms with E-state index in [0.717, 1.165) is 12.8 Å². The molecular formula is C23H28ClFN4O4. The van der Waals surface area contributed by atoms with Crippen LogP contribution in [0.1, 0.15) is 44.9 Å². The van der Waals surface area contributed by atoms with Crippen LogP contribution in [0.15, 0.2) is 6.20 Å². The van der Waals surface area contributed by atoms with E-state index in [0.29, 0.717) is 40.9 Å². The molecule has 10 heteroatoms. The topological polar surface area (TPSA) is 88.0 Å². The van der Waals surface area contributed by atoms with Gasteiger partial charge in [-0.2, -0.15) is 0 Å². The summed E-state index contributed by atoms with van der Waals surface area (Å²) in [6.07, 6.45) is 2.93. The highest BCUT2D eigenvalue weighted by Crippen LogP contribution is 2.41. The van der Waals surface area contributed by atoms with E-state index >= 15 is 4.39 Å². The van der Waals surface area contributed by atoms with Crippen LogP contribution in [0.4, 0.5) is 15.0 Å². The van der Waals surface area contributed by atoms with Gasteiger partial charge in [-0.1, -0.05) is 11.6 Å². The molecule has 1 N–H and O–H groups in total. The predicted molar refractivity (Wildman–Crippen MR) is 121 cm³/mol. The Kier molecular flexibility index (Phi) is 5.23. The number of ether oxygens (including phenoxy) is 2. The Morgan fingerprint density at radius 3 is 2.48 bits per heavy atom. The fourth-order valence-corrected chi connectivity index (χ4v) is 5.33. The molecule has 0 aromatic carbocycles. The van der Waals surface area contributed by atoms with Crippen molar-refractivity contribution in [2.24, 2.45) is 0 Å². The van der Waals surface area contributed by atoms with E-state index in [1.165, 1.54) is 6.20 Å². The number of carbonyl (C=O) groups excluding carboxylic acids is 1. The van der Waals surface area contributed by atoms with Crippen LogP contribution in [-0.4, -0.2) is 70.1 Å². The highest BCUT2D eigenvalue weighted by Gasteiger charge is 2.46. The summed E-state index contributed by atoms with van der Waals surface area (Å²) in [4.78, 5) is 25.6. The molecule has 5 rings (SSSR count). The summed E-state index contributed by atoms with van der Waals surface area (Å²) in [6, 6.07) is -0.0825. The van der Waals surface area contributed by atoms with Gasteiger partial charge in [0, 0.05) is 30.1 Å². The number of carbonyl (C=O) groups is 1. The Labute approximate surface area is 196 Å². The Bertz CT molecular complexity index is 1120. The van der Waals surface area contributed by atoms with Gasteiger partial charge in [-0.25, -0.2) is 19.2 Å². The van der Waals surface area contributed by atoms with E-state index in [1.54, 1.807) is 6.92 Å². The van der Waals surface area contributed by atoms with Crippen molar-refractivity contribution in [3.8, 4) is 0 Å². The highest BCUT2D eigenvalue weighted by atomic mass is 35.5. The van der Waals surface area contributed by atoms with Crippen molar-refractivity contribution >= 4 is 34.3 Å². The van der Waals surface area contributed by atoms with Crippen LogP contribution >= 0.6 is 11.6 Å². The lowest BCUT2D eigenvalue weighted by Crippen LogP contribution is -2.57. The lowest BCUT2D eigenvalue weighted by Gasteiger charge is -2.43. The number of aliphatic hydroxyl groups is 1. The zero-order valence-electron chi connectivity index (χ0n) is 19.2. The minimum Gasteiger partial charge on any atom is -0.444 e. The van der Waals surface area contributed by atoms with Crippen molar-refractivity contribution in [3.05, 3.63) is 28.4 Å². The molecule has 2 atom stereocenters. The quantitative estimate of drug-likeness (QED) is 0.660. The molecule has 8 nitrogen and oxygen atoms in total. The standard InChI is InChI=1S/C23H28ClFN4O4/c1-12-16-15(7-26-19(24)17(16)25)20(27-18(12)23(31)10-32-11-23)28-8-13-5-6-14(9-28)29(13)21(30)33-22(2,3)4/h7,13-14,31H,5-6,8-11H2,1-4H3. The highest BCUT2D eigenvalue weighted by molar-refractivity contribution is 6.30. The molecular weight excluding hydrogens is 451 g/mol. The largest absolute Gasteiger partial charge is 0.444 e. The van der Waals surface area contributed by atoms with E-state index in [1.807, 2.05) is 25.7 Å². The molecule has 33 heavy (non-hydrogen) atoms. The van der Waals surface area contributed by atoms with Gasteiger partial charge in [0.2, 0.25) is 0 Å². The first-order chi connectivity index (χ1) is 15.5. The first kappa shape index (κ1) is 22.6. The van der Waals surface area contributed by atoms with Crippen molar-refractivity contribution in [3.63, 3.8) is 0 Å². The summed E-state index contributed by atoms with van der Waals surface area (Å²) >= 11 is 6.01. The first-order valence-corrected chi connectivity index (χ1v) is 11.6. The summed E-state index contributed by atoms with van der Waals surface area (Å²) in [7, 11) is 0. The molecule has 2 unspecified atom stereocenters. The van der Waals surface area contributed by atoms with Crippen molar-refractivity contribution in [1.82, 2.24) is 14.9 Å². The lowest BCUT2D eigenvalue weighted by atomic mass is 9.91. The van der Waals surface area contributed by atoms with Crippen molar-refractivity contribution in [2.75, 3.05) is 31.2 Å². The van der Waals surface area contributed by atoms with Gasteiger partial charge in [-0.3, -0.25) is 4.90 Å². The number of rotatable bonds is 2. The maximum absolute atomic E-state index is 15.2. The number of aromatic nitrogens is 2. The molecule has 178 valence electrons. The summed E-state index contributed by atoms with van der Waals surface area (Å²) in [5.41, 5.74) is -0.928. The number of aryl methyl sites for hydroxylation is 1. The van der Waals surface area contributed by atoms with Gasteiger partial charge < -0.3 is 19.5 Å². The molecule has 0 spiro atoms. The van der Waals surface area contributed by atoms with Crippen LogP contribution in [-0.2, 0) is 15.1 Å². The Morgan fingerprint density at radius 2 is 1.94 bits per heavy atom. The third-order valence-electron chi connectivity index (χ3n) is 6.67. The molecule has 0 radical (unpaired) electrons. The monoisotopic (exact) mass is 478 g/mol. The molecule has 3 saturated heterocycles. The van der Waals surface area contributed by atoms with E-state index < -0.39 is 17.0 Å². The SMILES string of the molecule is Cc1c(C2(O)COC2)nc(N2CC3CCC(C2)N3C(=O)OC(C)(C)C)c2cnc(Cl)c(F)c12. The third-order valence-corrected chi connectivity index (χ3v) is 6.94. The summed E-state index contributed by atoms with van der Waals surface area (Å²) in [6.45, 7) is 8.55. The average molecular weight is 479 g/mol. The number of hydrogen-bond acceptors (Lipinski definition) is 7. The fraction of sp³-hybridized carbons (Fsp3) is 0.609. The molecule has 5 heterocycles. The number of anilines is 1. The van der Waals surface area contributed by atoms with Crippen molar-refractivity contribution in [2.45, 2.75) is 63.8 Å². The fourth-order valence-electron chi connectivity index (χ4n) is 5.18. The van der Waals surface area contributed by atoms with E-state index in [-0.39, 0.29) is 36.5 Å². The normalized spacial score (nSPS) is 24.2. The maximum atomic E-state index is 15.2. The number of halogens is 2. The summed E-state index contributed by atoms with van der Waals surface area (Å²) in [5.74, 6) is -0.0921. The smallest absolute Gasteiger partial charge is 0.410 e. The van der Waals surface area contributed by atoms with Crippen LogP contribution in [0.5, 0.6) is 0 Å². The second kappa shape index (κ2) is 7.65. The number of fused-ring (bicyclic) bond motifs is 3. The molecule has 1 amide bonds. The van der Waals surface area contributed by atoms with Gasteiger partial charge in [0.25, 0.3) is 0 Å². The van der Waals surface area contributed by atoms with E-state index in [4.69, 9.17) is 26.1 Å². The number of piperazine rings is 1. The van der Waals surface area contributed by atoms with Gasteiger partial charge in [0.15, 0.2) is 16.6 Å². The lowest BCUT2D eigenvalue weighted by molar-refractivity contribution is -0.187. The molecule has 2 bridgehead atoms. The molecule has 3 aliphatic heterocycles.